The van der Waals surface area contributed by atoms with E-state index in [0.29, 0.717) is 0 Å². The average molecular weight is 291 g/mol. The third-order valence-corrected chi connectivity index (χ3v) is 2.84. The van der Waals surface area contributed by atoms with Crippen LogP contribution in [0.2, 0.25) is 0 Å². The molecule has 0 saturated carbocycles. The van der Waals surface area contributed by atoms with E-state index in [4.69, 9.17) is 10.00 Å². The van der Waals surface area contributed by atoms with E-state index in [2.05, 4.69) is 4.74 Å². The fourth-order valence-corrected chi connectivity index (χ4v) is 1.96. The summed E-state index contributed by atoms with van der Waals surface area (Å²) in [6.07, 6.45) is 0. The Hall–Kier alpha value is -1.88. The molecular formula is C11H8F3NO3S. The second kappa shape index (κ2) is 5.84. The molecule has 0 unspecified atom stereocenters. The number of esters is 1. The molecular weight excluding hydrogens is 283 g/mol. The zero-order valence-electron chi connectivity index (χ0n) is 9.87. The van der Waals surface area contributed by atoms with Gasteiger partial charge >= 0.3 is 11.5 Å². The Balaban J connectivity index is 3.41. The standard InChI is InChI=1S/C11H8F3NO3S/c1-17-8-4-9(19-11(12,13)14)7(10(16)18-2)3-6(8)5-15/h3-4H,1-2H3. The molecule has 0 spiro atoms. The Labute approximate surface area is 111 Å². The van der Waals surface area contributed by atoms with Crippen LogP contribution in [0.5, 0.6) is 5.75 Å². The lowest BCUT2D eigenvalue weighted by molar-refractivity contribution is -0.0328. The Morgan fingerprint density at radius 2 is 2.00 bits per heavy atom. The molecule has 0 radical (unpaired) electrons. The molecule has 0 aliphatic heterocycles. The normalized spacial score (nSPS) is 10.7. The number of methoxy groups -OCH3 is 2. The zero-order valence-corrected chi connectivity index (χ0v) is 10.7. The molecule has 0 aromatic heterocycles. The summed E-state index contributed by atoms with van der Waals surface area (Å²) in [4.78, 5) is 11.1. The first-order valence-corrected chi connectivity index (χ1v) is 5.60. The fraction of sp³-hybridized carbons (Fsp3) is 0.273. The van der Waals surface area contributed by atoms with Gasteiger partial charge in [-0.2, -0.15) is 18.4 Å². The number of hydrogen-bond donors (Lipinski definition) is 0. The second-order valence-corrected chi connectivity index (χ2v) is 4.31. The molecule has 1 aromatic rings. The van der Waals surface area contributed by atoms with Gasteiger partial charge in [0.15, 0.2) is 0 Å². The van der Waals surface area contributed by atoms with Gasteiger partial charge in [0.2, 0.25) is 0 Å². The smallest absolute Gasteiger partial charge is 0.446 e. The predicted octanol–water partition coefficient (Wildman–Crippen LogP) is 2.97. The number of alkyl halides is 3. The molecule has 0 bridgehead atoms. The van der Waals surface area contributed by atoms with Crippen LogP contribution < -0.4 is 4.74 Å². The van der Waals surface area contributed by atoms with Crippen LogP contribution >= 0.6 is 11.8 Å². The van der Waals surface area contributed by atoms with E-state index >= 15 is 0 Å². The first kappa shape index (κ1) is 15.2. The number of hydrogen-bond acceptors (Lipinski definition) is 5. The largest absolute Gasteiger partial charge is 0.495 e. The van der Waals surface area contributed by atoms with E-state index in [0.717, 1.165) is 19.2 Å². The molecule has 19 heavy (non-hydrogen) atoms. The van der Waals surface area contributed by atoms with E-state index in [-0.39, 0.29) is 21.8 Å². The van der Waals surface area contributed by atoms with Gasteiger partial charge in [-0.25, -0.2) is 4.79 Å². The summed E-state index contributed by atoms with van der Waals surface area (Å²) < 4.78 is 46.4. The van der Waals surface area contributed by atoms with E-state index in [1.165, 1.54) is 7.11 Å². The summed E-state index contributed by atoms with van der Waals surface area (Å²) in [6.45, 7) is 0. The molecule has 0 N–H and O–H groups in total. The average Bonchev–Trinajstić information content (AvgIpc) is 2.35. The summed E-state index contributed by atoms with van der Waals surface area (Å²) >= 11 is -0.470. The highest BCUT2D eigenvalue weighted by Crippen LogP contribution is 2.41. The van der Waals surface area contributed by atoms with Crippen LogP contribution in [0.25, 0.3) is 0 Å². The Bertz CT molecular complexity index is 537. The highest BCUT2D eigenvalue weighted by molar-refractivity contribution is 8.00. The first-order valence-electron chi connectivity index (χ1n) is 4.78. The van der Waals surface area contributed by atoms with Gasteiger partial charge in [-0.05, 0) is 23.9 Å². The SMILES string of the molecule is COC(=O)c1cc(C#N)c(OC)cc1SC(F)(F)F. The van der Waals surface area contributed by atoms with Crippen molar-refractivity contribution in [2.75, 3.05) is 14.2 Å². The molecule has 0 saturated heterocycles. The van der Waals surface area contributed by atoms with Crippen LogP contribution in [0, 0.1) is 11.3 Å². The number of carbonyl (C=O) groups excluding carboxylic acids is 1. The van der Waals surface area contributed by atoms with Crippen molar-refractivity contribution in [1.29, 1.82) is 5.26 Å². The monoisotopic (exact) mass is 291 g/mol. The molecule has 102 valence electrons. The van der Waals surface area contributed by atoms with Crippen LogP contribution in [0.1, 0.15) is 15.9 Å². The summed E-state index contributed by atoms with van der Waals surface area (Å²) in [5, 5.41) is 8.84. The summed E-state index contributed by atoms with van der Waals surface area (Å²) in [5.74, 6) is -0.993. The molecule has 1 aromatic carbocycles. The quantitative estimate of drug-likeness (QED) is 0.633. The van der Waals surface area contributed by atoms with Crippen LogP contribution in [0.4, 0.5) is 13.2 Å². The molecule has 0 heterocycles. The first-order chi connectivity index (χ1) is 8.82. The van der Waals surface area contributed by atoms with Crippen molar-refractivity contribution >= 4 is 17.7 Å². The van der Waals surface area contributed by atoms with Crippen molar-refractivity contribution in [3.05, 3.63) is 23.3 Å². The number of ether oxygens (including phenoxy) is 2. The third kappa shape index (κ3) is 3.79. The highest BCUT2D eigenvalue weighted by Gasteiger charge is 2.32. The molecule has 1 rings (SSSR count). The minimum Gasteiger partial charge on any atom is -0.495 e. The lowest BCUT2D eigenvalue weighted by Gasteiger charge is -2.12. The number of rotatable bonds is 3. The fourth-order valence-electron chi connectivity index (χ4n) is 1.30. The number of nitrogens with zero attached hydrogens (tertiary/aromatic N) is 1. The lowest BCUT2D eigenvalue weighted by atomic mass is 10.1. The topological polar surface area (TPSA) is 59.3 Å². The van der Waals surface area contributed by atoms with Gasteiger partial charge in [-0.1, -0.05) is 0 Å². The highest BCUT2D eigenvalue weighted by atomic mass is 32.2. The third-order valence-electron chi connectivity index (χ3n) is 2.05. The second-order valence-electron chi connectivity index (χ2n) is 3.20. The predicted molar refractivity (Wildman–Crippen MR) is 61.0 cm³/mol. The lowest BCUT2D eigenvalue weighted by Crippen LogP contribution is -2.08. The van der Waals surface area contributed by atoms with Crippen molar-refractivity contribution in [2.45, 2.75) is 10.4 Å². The van der Waals surface area contributed by atoms with Crippen molar-refractivity contribution in [2.24, 2.45) is 0 Å². The van der Waals surface area contributed by atoms with Crippen LogP contribution in [-0.4, -0.2) is 25.7 Å². The van der Waals surface area contributed by atoms with Gasteiger partial charge < -0.3 is 9.47 Å². The van der Waals surface area contributed by atoms with Gasteiger partial charge in [-0.3, -0.25) is 0 Å². The Kier molecular flexibility index (Phi) is 4.67. The number of halogens is 3. The summed E-state index contributed by atoms with van der Waals surface area (Å²) in [6, 6.07) is 3.73. The molecule has 0 fully saturated rings. The van der Waals surface area contributed by atoms with Crippen molar-refractivity contribution < 1.29 is 27.4 Å². The van der Waals surface area contributed by atoms with E-state index in [1.54, 1.807) is 6.07 Å². The molecule has 0 amide bonds. The maximum absolute atomic E-state index is 12.4. The Morgan fingerprint density at radius 1 is 1.37 bits per heavy atom. The molecule has 0 atom stereocenters. The van der Waals surface area contributed by atoms with Crippen LogP contribution in [0.3, 0.4) is 0 Å². The summed E-state index contributed by atoms with van der Waals surface area (Å²) in [5.41, 5.74) is -4.95. The van der Waals surface area contributed by atoms with Gasteiger partial charge in [-0.15, -0.1) is 0 Å². The molecule has 0 aliphatic carbocycles. The van der Waals surface area contributed by atoms with Gasteiger partial charge in [0.25, 0.3) is 0 Å². The zero-order chi connectivity index (χ0) is 14.6. The number of nitriles is 1. The van der Waals surface area contributed by atoms with Crippen LogP contribution in [-0.2, 0) is 4.74 Å². The van der Waals surface area contributed by atoms with Gasteiger partial charge in [0.1, 0.15) is 11.8 Å². The molecule has 8 heteroatoms. The van der Waals surface area contributed by atoms with Crippen molar-refractivity contribution in [3.8, 4) is 11.8 Å². The van der Waals surface area contributed by atoms with E-state index in [1.807, 2.05) is 0 Å². The number of thioether (sulfide) groups is 1. The van der Waals surface area contributed by atoms with Crippen molar-refractivity contribution in [1.82, 2.24) is 0 Å². The Morgan fingerprint density at radius 3 is 2.42 bits per heavy atom. The number of benzene rings is 1. The minimum atomic E-state index is -4.57. The van der Waals surface area contributed by atoms with Gasteiger partial charge in [0.05, 0.1) is 25.3 Å². The molecule has 4 nitrogen and oxygen atoms in total. The van der Waals surface area contributed by atoms with E-state index < -0.39 is 23.2 Å². The van der Waals surface area contributed by atoms with Gasteiger partial charge in [0, 0.05) is 4.90 Å². The van der Waals surface area contributed by atoms with E-state index in [9.17, 15) is 18.0 Å². The maximum atomic E-state index is 12.4. The number of carbonyl (C=O) groups is 1. The van der Waals surface area contributed by atoms with Crippen LogP contribution in [0.15, 0.2) is 17.0 Å². The minimum absolute atomic E-state index is 0.0399. The molecule has 0 aliphatic rings. The van der Waals surface area contributed by atoms with Crippen molar-refractivity contribution in [3.63, 3.8) is 0 Å². The summed E-state index contributed by atoms with van der Waals surface area (Å²) in [7, 11) is 2.26. The maximum Gasteiger partial charge on any atom is 0.446 e.